The second-order valence-corrected chi connectivity index (χ2v) is 6.18. The third-order valence-corrected chi connectivity index (χ3v) is 4.57. The second kappa shape index (κ2) is 4.53. The molecule has 3 unspecified atom stereocenters. The average molecular weight is 311 g/mol. The fraction of sp³-hybridized carbons (Fsp3) is 0.538. The lowest BCUT2D eigenvalue weighted by atomic mass is 9.95. The van der Waals surface area contributed by atoms with Crippen LogP contribution in [0.4, 0.5) is 11.4 Å². The number of nitrogens with zero attached hydrogens (tertiary/aromatic N) is 1. The van der Waals surface area contributed by atoms with Crippen LogP contribution in [0, 0.1) is 22.0 Å². The van der Waals surface area contributed by atoms with Crippen molar-refractivity contribution in [2.45, 2.75) is 31.7 Å². The first kappa shape index (κ1) is 12.0. The highest BCUT2D eigenvalue weighted by Gasteiger charge is 2.45. The number of nitrogens with one attached hydrogen (secondary N) is 1. The van der Waals surface area contributed by atoms with Gasteiger partial charge in [0.15, 0.2) is 0 Å². The molecule has 1 N–H and O–H groups in total. The van der Waals surface area contributed by atoms with Crippen LogP contribution in [-0.2, 0) is 0 Å². The Hall–Kier alpha value is -1.10. The Kier molecular flexibility index (Phi) is 3.01. The van der Waals surface area contributed by atoms with Crippen LogP contribution >= 0.6 is 15.9 Å². The van der Waals surface area contributed by atoms with Gasteiger partial charge in [0, 0.05) is 16.6 Å². The third-order valence-electron chi connectivity index (χ3n) is 4.08. The van der Waals surface area contributed by atoms with E-state index in [4.69, 9.17) is 0 Å². The highest BCUT2D eigenvalue weighted by molar-refractivity contribution is 9.10. The van der Waals surface area contributed by atoms with Crippen LogP contribution in [-0.4, -0.2) is 11.0 Å². The first-order valence-corrected chi connectivity index (χ1v) is 7.15. The molecule has 0 aliphatic heterocycles. The maximum atomic E-state index is 11.1. The van der Waals surface area contributed by atoms with Gasteiger partial charge in [-0.05, 0) is 36.8 Å². The molecule has 3 atom stereocenters. The van der Waals surface area contributed by atoms with E-state index in [2.05, 4.69) is 21.2 Å². The van der Waals surface area contributed by atoms with Gasteiger partial charge in [-0.1, -0.05) is 28.8 Å². The Bertz CT molecular complexity index is 492. The monoisotopic (exact) mass is 310 g/mol. The van der Waals surface area contributed by atoms with Crippen molar-refractivity contribution in [1.29, 1.82) is 0 Å². The molecule has 0 bridgehead atoms. The van der Waals surface area contributed by atoms with Gasteiger partial charge >= 0.3 is 0 Å². The standard InChI is InChI=1S/C13H15BrN2O2/c14-9-4-5-12(13(7-9)16(17)18)15-11-3-1-2-8-6-10(8)11/h4-5,7-8,10-11,15H,1-3,6H2. The number of hydrogen-bond donors (Lipinski definition) is 1. The van der Waals surface area contributed by atoms with Gasteiger partial charge in [0.25, 0.3) is 5.69 Å². The fourth-order valence-corrected chi connectivity index (χ4v) is 3.42. The summed E-state index contributed by atoms with van der Waals surface area (Å²) in [5, 5.41) is 14.4. The summed E-state index contributed by atoms with van der Waals surface area (Å²) < 4.78 is 0.743. The number of nitro benzene ring substituents is 1. The molecular formula is C13H15BrN2O2. The average Bonchev–Trinajstić information content (AvgIpc) is 3.11. The van der Waals surface area contributed by atoms with Crippen LogP contribution < -0.4 is 5.32 Å². The minimum Gasteiger partial charge on any atom is -0.376 e. The molecule has 2 aliphatic carbocycles. The van der Waals surface area contributed by atoms with Gasteiger partial charge in [0.05, 0.1) is 4.92 Å². The van der Waals surface area contributed by atoms with Gasteiger partial charge < -0.3 is 5.32 Å². The van der Waals surface area contributed by atoms with Crippen molar-refractivity contribution < 1.29 is 4.92 Å². The molecule has 0 aromatic heterocycles. The minimum absolute atomic E-state index is 0.159. The maximum Gasteiger partial charge on any atom is 0.293 e. The quantitative estimate of drug-likeness (QED) is 0.679. The molecule has 4 nitrogen and oxygen atoms in total. The molecule has 0 spiro atoms. The molecule has 0 saturated heterocycles. The van der Waals surface area contributed by atoms with E-state index in [-0.39, 0.29) is 10.6 Å². The summed E-state index contributed by atoms with van der Waals surface area (Å²) in [6.07, 6.45) is 5.00. The van der Waals surface area contributed by atoms with E-state index in [0.717, 1.165) is 22.7 Å². The molecule has 0 heterocycles. The normalized spacial score (nSPS) is 29.5. The number of rotatable bonds is 3. The van der Waals surface area contributed by atoms with Crippen molar-refractivity contribution in [3.63, 3.8) is 0 Å². The summed E-state index contributed by atoms with van der Waals surface area (Å²) in [5.74, 6) is 1.60. The summed E-state index contributed by atoms with van der Waals surface area (Å²) in [4.78, 5) is 10.7. The highest BCUT2D eigenvalue weighted by atomic mass is 79.9. The zero-order valence-electron chi connectivity index (χ0n) is 9.93. The Morgan fingerprint density at radius 1 is 1.39 bits per heavy atom. The molecular weight excluding hydrogens is 296 g/mol. The maximum absolute atomic E-state index is 11.1. The molecule has 96 valence electrons. The topological polar surface area (TPSA) is 55.2 Å². The van der Waals surface area contributed by atoms with Gasteiger partial charge in [-0.15, -0.1) is 0 Å². The van der Waals surface area contributed by atoms with Crippen molar-refractivity contribution in [3.05, 3.63) is 32.8 Å². The fourth-order valence-electron chi connectivity index (χ4n) is 3.07. The molecule has 2 saturated carbocycles. The third kappa shape index (κ3) is 2.23. The zero-order valence-corrected chi connectivity index (χ0v) is 11.5. The molecule has 18 heavy (non-hydrogen) atoms. The molecule has 2 aliphatic rings. The van der Waals surface area contributed by atoms with E-state index in [1.807, 2.05) is 6.07 Å². The van der Waals surface area contributed by atoms with Crippen LogP contribution in [0.25, 0.3) is 0 Å². The van der Waals surface area contributed by atoms with E-state index in [9.17, 15) is 10.1 Å². The summed E-state index contributed by atoms with van der Waals surface area (Å²) in [5.41, 5.74) is 0.813. The predicted molar refractivity (Wildman–Crippen MR) is 73.7 cm³/mol. The van der Waals surface area contributed by atoms with Gasteiger partial charge in [-0.2, -0.15) is 0 Å². The summed E-state index contributed by atoms with van der Waals surface area (Å²) in [6, 6.07) is 5.63. The first-order valence-electron chi connectivity index (χ1n) is 6.35. The Balaban J connectivity index is 1.81. The van der Waals surface area contributed by atoms with Crippen molar-refractivity contribution in [2.75, 3.05) is 5.32 Å². The van der Waals surface area contributed by atoms with Crippen LogP contribution in [0.5, 0.6) is 0 Å². The molecule has 2 fully saturated rings. The number of fused-ring (bicyclic) bond motifs is 1. The summed E-state index contributed by atoms with van der Waals surface area (Å²) in [7, 11) is 0. The number of halogens is 1. The predicted octanol–water partition coefficient (Wildman–Crippen LogP) is 3.96. The van der Waals surface area contributed by atoms with E-state index in [0.29, 0.717) is 11.7 Å². The molecule has 0 radical (unpaired) electrons. The lowest BCUT2D eigenvalue weighted by Gasteiger charge is -2.23. The summed E-state index contributed by atoms with van der Waals surface area (Å²) >= 11 is 3.28. The second-order valence-electron chi connectivity index (χ2n) is 5.26. The van der Waals surface area contributed by atoms with Crippen LogP contribution in [0.2, 0.25) is 0 Å². The molecule has 3 rings (SSSR count). The van der Waals surface area contributed by atoms with Crippen molar-refractivity contribution in [1.82, 2.24) is 0 Å². The van der Waals surface area contributed by atoms with Crippen LogP contribution in [0.15, 0.2) is 22.7 Å². The van der Waals surface area contributed by atoms with Crippen LogP contribution in [0.1, 0.15) is 25.7 Å². The Morgan fingerprint density at radius 2 is 2.22 bits per heavy atom. The molecule has 5 heteroatoms. The van der Waals surface area contributed by atoms with Crippen molar-refractivity contribution >= 4 is 27.3 Å². The lowest BCUT2D eigenvalue weighted by molar-refractivity contribution is -0.384. The zero-order chi connectivity index (χ0) is 12.7. The SMILES string of the molecule is O=[N+]([O-])c1cc(Br)ccc1NC1CCCC2CC21. The van der Waals surface area contributed by atoms with Crippen molar-refractivity contribution in [3.8, 4) is 0 Å². The smallest absolute Gasteiger partial charge is 0.293 e. The molecule has 1 aromatic carbocycles. The largest absolute Gasteiger partial charge is 0.376 e. The summed E-state index contributed by atoms with van der Waals surface area (Å²) in [6.45, 7) is 0. The number of nitro groups is 1. The van der Waals surface area contributed by atoms with E-state index >= 15 is 0 Å². The molecule has 0 amide bonds. The molecule has 1 aromatic rings. The van der Waals surface area contributed by atoms with E-state index in [1.54, 1.807) is 12.1 Å². The van der Waals surface area contributed by atoms with Gasteiger partial charge in [0.1, 0.15) is 5.69 Å². The van der Waals surface area contributed by atoms with Crippen molar-refractivity contribution in [2.24, 2.45) is 11.8 Å². The minimum atomic E-state index is -0.319. The van der Waals surface area contributed by atoms with Gasteiger partial charge in [-0.3, -0.25) is 10.1 Å². The van der Waals surface area contributed by atoms with Gasteiger partial charge in [0.2, 0.25) is 0 Å². The van der Waals surface area contributed by atoms with Gasteiger partial charge in [-0.25, -0.2) is 0 Å². The Morgan fingerprint density at radius 3 is 3.00 bits per heavy atom. The first-order chi connectivity index (χ1) is 8.65. The number of anilines is 1. The Labute approximate surface area is 114 Å². The number of benzene rings is 1. The number of hydrogen-bond acceptors (Lipinski definition) is 3. The van der Waals surface area contributed by atoms with E-state index in [1.165, 1.54) is 19.3 Å². The van der Waals surface area contributed by atoms with E-state index < -0.39 is 0 Å². The lowest BCUT2D eigenvalue weighted by Crippen LogP contribution is -2.25. The highest BCUT2D eigenvalue weighted by Crippen LogP contribution is 2.50. The van der Waals surface area contributed by atoms with Crippen LogP contribution in [0.3, 0.4) is 0 Å².